The van der Waals surface area contributed by atoms with Gasteiger partial charge in [-0.25, -0.2) is 0 Å². The van der Waals surface area contributed by atoms with Crippen molar-refractivity contribution in [3.05, 3.63) is 17.7 Å². The Labute approximate surface area is 125 Å². The minimum atomic E-state index is -0.941. The van der Waals surface area contributed by atoms with Crippen LogP contribution in [0.1, 0.15) is 25.5 Å². The van der Waals surface area contributed by atoms with E-state index in [2.05, 4.69) is 0 Å². The van der Waals surface area contributed by atoms with Gasteiger partial charge in [-0.1, -0.05) is 0 Å². The smallest absolute Gasteiger partial charge is 0.313 e. The average molecular weight is 297 g/mol. The molecule has 0 unspecified atom stereocenters. The molecule has 0 heterocycles. The molecule has 1 atom stereocenters. The maximum absolute atomic E-state index is 12.0. The summed E-state index contributed by atoms with van der Waals surface area (Å²) in [5, 5.41) is 0. The van der Waals surface area contributed by atoms with Crippen molar-refractivity contribution in [2.75, 3.05) is 28.4 Å². The molecule has 0 fully saturated rings. The molecule has 0 amide bonds. The number of ether oxygens (including phenoxy) is 4. The largest absolute Gasteiger partial charge is 0.496 e. The molecule has 6 heteroatoms. The summed E-state index contributed by atoms with van der Waals surface area (Å²) in [5.74, 6) is 1.16. The number of rotatable bonds is 6. The number of carbonyl (C=O) groups excluding carboxylic acids is 1. The standard InChI is InChI=1S/C15H23NO5/c1-15(2,14(17)21-6)13(16)12-10(19-4)7-9(18-3)8-11(12)20-5/h7-8,13H,16H2,1-6H3/t13-/m0/s1. The first-order valence-electron chi connectivity index (χ1n) is 6.47. The van der Waals surface area contributed by atoms with Gasteiger partial charge in [0, 0.05) is 12.1 Å². The van der Waals surface area contributed by atoms with Crippen LogP contribution in [0.2, 0.25) is 0 Å². The van der Waals surface area contributed by atoms with E-state index in [0.29, 0.717) is 22.8 Å². The van der Waals surface area contributed by atoms with E-state index >= 15 is 0 Å². The molecule has 6 nitrogen and oxygen atoms in total. The van der Waals surface area contributed by atoms with Crippen molar-refractivity contribution in [2.24, 2.45) is 11.1 Å². The summed E-state index contributed by atoms with van der Waals surface area (Å²) in [6, 6.07) is 2.73. The number of nitrogens with two attached hydrogens (primary N) is 1. The Morgan fingerprint density at radius 3 is 1.86 bits per heavy atom. The first-order valence-corrected chi connectivity index (χ1v) is 6.47. The molecule has 0 aliphatic carbocycles. The van der Waals surface area contributed by atoms with Crippen LogP contribution >= 0.6 is 0 Å². The molecule has 0 aliphatic rings. The second-order valence-corrected chi connectivity index (χ2v) is 5.14. The Balaban J connectivity index is 3.43. The molecule has 1 rings (SSSR count). The lowest BCUT2D eigenvalue weighted by Crippen LogP contribution is -2.37. The van der Waals surface area contributed by atoms with Gasteiger partial charge in [-0.15, -0.1) is 0 Å². The van der Waals surface area contributed by atoms with Crippen LogP contribution in [-0.4, -0.2) is 34.4 Å². The fourth-order valence-corrected chi connectivity index (χ4v) is 2.09. The van der Waals surface area contributed by atoms with Crippen LogP contribution in [-0.2, 0) is 9.53 Å². The number of benzene rings is 1. The van der Waals surface area contributed by atoms with Gasteiger partial charge in [0.05, 0.1) is 45.5 Å². The molecule has 0 saturated heterocycles. The first kappa shape index (κ1) is 17.1. The van der Waals surface area contributed by atoms with E-state index in [-0.39, 0.29) is 0 Å². The summed E-state index contributed by atoms with van der Waals surface area (Å²) in [6.07, 6.45) is 0. The summed E-state index contributed by atoms with van der Waals surface area (Å²) < 4.78 is 20.8. The zero-order valence-corrected chi connectivity index (χ0v) is 13.4. The SMILES string of the molecule is COC(=O)C(C)(C)[C@@H](N)c1c(OC)cc(OC)cc1OC. The molecule has 0 spiro atoms. The number of carbonyl (C=O) groups is 1. The van der Waals surface area contributed by atoms with Crippen molar-refractivity contribution < 1.29 is 23.7 Å². The van der Waals surface area contributed by atoms with Crippen molar-refractivity contribution >= 4 is 5.97 Å². The molecule has 1 aromatic rings. The molecule has 0 saturated carbocycles. The van der Waals surface area contributed by atoms with Gasteiger partial charge in [-0.05, 0) is 13.8 Å². The molecular weight excluding hydrogens is 274 g/mol. The molecule has 0 aliphatic heterocycles. The zero-order valence-electron chi connectivity index (χ0n) is 13.4. The van der Waals surface area contributed by atoms with Crippen molar-refractivity contribution in [1.82, 2.24) is 0 Å². The van der Waals surface area contributed by atoms with E-state index in [1.54, 1.807) is 33.1 Å². The lowest BCUT2D eigenvalue weighted by atomic mass is 9.80. The summed E-state index contributed by atoms with van der Waals surface area (Å²) in [7, 11) is 5.93. The lowest BCUT2D eigenvalue weighted by molar-refractivity contribution is -0.152. The summed E-state index contributed by atoms with van der Waals surface area (Å²) in [6.45, 7) is 3.43. The molecule has 0 radical (unpaired) electrons. The highest BCUT2D eigenvalue weighted by atomic mass is 16.5. The third kappa shape index (κ3) is 3.21. The van der Waals surface area contributed by atoms with Crippen molar-refractivity contribution in [2.45, 2.75) is 19.9 Å². The van der Waals surface area contributed by atoms with Crippen LogP contribution in [0, 0.1) is 5.41 Å². The number of esters is 1. The first-order chi connectivity index (χ1) is 9.83. The summed E-state index contributed by atoms with van der Waals surface area (Å²) >= 11 is 0. The molecule has 1 aromatic carbocycles. The minimum absolute atomic E-state index is 0.407. The van der Waals surface area contributed by atoms with E-state index in [0.717, 1.165) is 0 Å². The topological polar surface area (TPSA) is 80.0 Å². The van der Waals surface area contributed by atoms with Crippen molar-refractivity contribution in [3.63, 3.8) is 0 Å². The molecule has 0 aromatic heterocycles. The third-order valence-corrected chi connectivity index (χ3v) is 3.55. The highest BCUT2D eigenvalue weighted by molar-refractivity contribution is 5.77. The normalized spacial score (nSPS) is 12.5. The Bertz CT molecular complexity index is 488. The average Bonchev–Trinajstić information content (AvgIpc) is 2.51. The van der Waals surface area contributed by atoms with Crippen LogP contribution in [0.5, 0.6) is 17.2 Å². The van der Waals surface area contributed by atoms with Gasteiger partial charge in [0.15, 0.2) is 0 Å². The Morgan fingerprint density at radius 2 is 1.52 bits per heavy atom. The Hall–Kier alpha value is -1.95. The zero-order chi connectivity index (χ0) is 16.2. The van der Waals surface area contributed by atoms with Crippen LogP contribution < -0.4 is 19.9 Å². The van der Waals surface area contributed by atoms with Gasteiger partial charge in [-0.2, -0.15) is 0 Å². The van der Waals surface area contributed by atoms with Gasteiger partial charge >= 0.3 is 5.97 Å². The second kappa shape index (κ2) is 6.67. The fourth-order valence-electron chi connectivity index (χ4n) is 2.09. The number of methoxy groups -OCH3 is 4. The maximum Gasteiger partial charge on any atom is 0.313 e. The van der Waals surface area contributed by atoms with Crippen LogP contribution in [0.3, 0.4) is 0 Å². The number of hydrogen-bond acceptors (Lipinski definition) is 6. The maximum atomic E-state index is 12.0. The van der Waals surface area contributed by atoms with E-state index in [9.17, 15) is 4.79 Å². The van der Waals surface area contributed by atoms with Crippen LogP contribution in [0.15, 0.2) is 12.1 Å². The van der Waals surface area contributed by atoms with Crippen molar-refractivity contribution in [3.8, 4) is 17.2 Å². The predicted molar refractivity (Wildman–Crippen MR) is 78.8 cm³/mol. The quantitative estimate of drug-likeness (QED) is 0.808. The third-order valence-electron chi connectivity index (χ3n) is 3.55. The van der Waals surface area contributed by atoms with E-state index < -0.39 is 17.4 Å². The van der Waals surface area contributed by atoms with E-state index in [4.69, 9.17) is 24.7 Å². The van der Waals surface area contributed by atoms with Gasteiger partial charge in [0.25, 0.3) is 0 Å². The van der Waals surface area contributed by atoms with Crippen molar-refractivity contribution in [1.29, 1.82) is 0 Å². The highest BCUT2D eigenvalue weighted by Gasteiger charge is 2.39. The molecule has 0 bridgehead atoms. The van der Waals surface area contributed by atoms with Gasteiger partial charge in [0.1, 0.15) is 17.2 Å². The fraction of sp³-hybridized carbons (Fsp3) is 0.533. The van der Waals surface area contributed by atoms with Crippen LogP contribution in [0.25, 0.3) is 0 Å². The summed E-state index contributed by atoms with van der Waals surface area (Å²) in [4.78, 5) is 12.0. The monoisotopic (exact) mass is 297 g/mol. The Kier molecular flexibility index (Phi) is 5.43. The number of hydrogen-bond donors (Lipinski definition) is 1. The lowest BCUT2D eigenvalue weighted by Gasteiger charge is -2.31. The molecule has 2 N–H and O–H groups in total. The van der Waals surface area contributed by atoms with E-state index in [1.807, 2.05) is 0 Å². The molecular formula is C15H23NO5. The highest BCUT2D eigenvalue weighted by Crippen LogP contribution is 2.44. The molecule has 118 valence electrons. The molecule has 21 heavy (non-hydrogen) atoms. The summed E-state index contributed by atoms with van der Waals surface area (Å²) in [5.41, 5.74) is 5.95. The van der Waals surface area contributed by atoms with Gasteiger partial charge < -0.3 is 24.7 Å². The predicted octanol–water partition coefficient (Wildman–Crippen LogP) is 1.91. The minimum Gasteiger partial charge on any atom is -0.496 e. The van der Waals surface area contributed by atoms with Gasteiger partial charge in [0.2, 0.25) is 0 Å². The van der Waals surface area contributed by atoms with Crippen LogP contribution in [0.4, 0.5) is 0 Å². The second-order valence-electron chi connectivity index (χ2n) is 5.14. The van der Waals surface area contributed by atoms with E-state index in [1.165, 1.54) is 21.3 Å². The van der Waals surface area contributed by atoms with Gasteiger partial charge in [-0.3, -0.25) is 4.79 Å². The Morgan fingerprint density at radius 1 is 1.05 bits per heavy atom.